The van der Waals surface area contributed by atoms with Gasteiger partial charge in [0.2, 0.25) is 15.9 Å². The van der Waals surface area contributed by atoms with Gasteiger partial charge in [-0.05, 0) is 24.6 Å². The summed E-state index contributed by atoms with van der Waals surface area (Å²) in [5.74, 6) is -2.28. The Kier molecular flexibility index (Phi) is 5.36. The third-order valence-corrected chi connectivity index (χ3v) is 5.58. The van der Waals surface area contributed by atoms with Gasteiger partial charge in [-0.15, -0.1) is 11.6 Å². The highest BCUT2D eigenvalue weighted by molar-refractivity contribution is 7.89. The Morgan fingerprint density at radius 1 is 1.18 bits per heavy atom. The molecule has 1 amide bonds. The van der Waals surface area contributed by atoms with Gasteiger partial charge in [0.1, 0.15) is 22.4 Å². The standard InChI is InChI=1S/C13H15ClF2N2O3S/c14-9-13(19)17-4-1-5-18(7-6-17)22(20,21)12-8-10(15)2-3-11(12)16/h2-3,8H,1,4-7,9H2. The van der Waals surface area contributed by atoms with E-state index >= 15 is 0 Å². The Hall–Kier alpha value is -1.25. The highest BCUT2D eigenvalue weighted by Crippen LogP contribution is 2.21. The second-order valence-corrected chi connectivity index (χ2v) is 7.02. The molecule has 0 N–H and O–H groups in total. The summed E-state index contributed by atoms with van der Waals surface area (Å²) in [5.41, 5.74) is 0. The predicted octanol–water partition coefficient (Wildman–Crippen LogP) is 1.43. The lowest BCUT2D eigenvalue weighted by Crippen LogP contribution is -2.38. The number of benzene rings is 1. The predicted molar refractivity (Wildman–Crippen MR) is 77.0 cm³/mol. The minimum absolute atomic E-state index is 0.0148. The van der Waals surface area contributed by atoms with Crippen molar-refractivity contribution in [2.75, 3.05) is 32.1 Å². The average Bonchev–Trinajstić information content (AvgIpc) is 2.75. The first-order valence-corrected chi connectivity index (χ1v) is 8.62. The molecule has 1 aromatic carbocycles. The molecule has 0 aromatic heterocycles. The van der Waals surface area contributed by atoms with Crippen molar-refractivity contribution in [1.29, 1.82) is 0 Å². The van der Waals surface area contributed by atoms with Gasteiger partial charge in [0.05, 0.1) is 0 Å². The van der Waals surface area contributed by atoms with Gasteiger partial charge in [0, 0.05) is 26.2 Å². The summed E-state index contributed by atoms with van der Waals surface area (Å²) in [6.07, 6.45) is 0.402. The van der Waals surface area contributed by atoms with Crippen molar-refractivity contribution in [3.05, 3.63) is 29.8 Å². The van der Waals surface area contributed by atoms with E-state index in [1.165, 1.54) is 4.90 Å². The Balaban J connectivity index is 2.23. The largest absolute Gasteiger partial charge is 0.340 e. The molecule has 0 unspecified atom stereocenters. The van der Waals surface area contributed by atoms with E-state index in [0.717, 1.165) is 16.4 Å². The van der Waals surface area contributed by atoms with Crippen molar-refractivity contribution in [2.45, 2.75) is 11.3 Å². The summed E-state index contributed by atoms with van der Waals surface area (Å²) < 4.78 is 52.9. The normalized spacial score (nSPS) is 17.3. The molecule has 1 fully saturated rings. The average molecular weight is 353 g/mol. The SMILES string of the molecule is O=C(CCl)N1CCCN(S(=O)(=O)c2cc(F)ccc2F)CC1. The smallest absolute Gasteiger partial charge is 0.246 e. The van der Waals surface area contributed by atoms with Crippen molar-refractivity contribution < 1.29 is 22.0 Å². The van der Waals surface area contributed by atoms with E-state index in [1.807, 2.05) is 0 Å². The lowest BCUT2D eigenvalue weighted by atomic mass is 10.3. The molecular weight excluding hydrogens is 338 g/mol. The van der Waals surface area contributed by atoms with Gasteiger partial charge in [-0.25, -0.2) is 17.2 Å². The maximum Gasteiger partial charge on any atom is 0.246 e. The van der Waals surface area contributed by atoms with Crippen LogP contribution in [0.5, 0.6) is 0 Å². The summed E-state index contributed by atoms with van der Waals surface area (Å²) in [7, 11) is -4.15. The molecule has 22 heavy (non-hydrogen) atoms. The van der Waals surface area contributed by atoms with Crippen LogP contribution in [0.2, 0.25) is 0 Å². The van der Waals surface area contributed by atoms with Gasteiger partial charge in [0.15, 0.2) is 0 Å². The summed E-state index contributed by atoms with van der Waals surface area (Å²) in [4.78, 5) is 12.3. The number of halogens is 3. The number of rotatable bonds is 3. The zero-order valence-corrected chi connectivity index (χ0v) is 13.2. The van der Waals surface area contributed by atoms with Crippen molar-refractivity contribution in [3.63, 3.8) is 0 Å². The Morgan fingerprint density at radius 3 is 2.59 bits per heavy atom. The Bertz CT molecular complexity index is 669. The summed E-state index contributed by atoms with van der Waals surface area (Å²) in [5, 5.41) is 0. The van der Waals surface area contributed by atoms with Gasteiger partial charge in [-0.1, -0.05) is 0 Å². The lowest BCUT2D eigenvalue weighted by Gasteiger charge is -2.21. The summed E-state index contributed by atoms with van der Waals surface area (Å²) >= 11 is 5.48. The third-order valence-electron chi connectivity index (χ3n) is 3.43. The fourth-order valence-electron chi connectivity index (χ4n) is 2.28. The van der Waals surface area contributed by atoms with Crippen LogP contribution in [-0.4, -0.2) is 55.6 Å². The van der Waals surface area contributed by atoms with E-state index in [2.05, 4.69) is 0 Å². The van der Waals surface area contributed by atoms with E-state index in [-0.39, 0.29) is 31.4 Å². The van der Waals surface area contributed by atoms with Crippen molar-refractivity contribution in [3.8, 4) is 0 Å². The van der Waals surface area contributed by atoms with Crippen LogP contribution in [0.1, 0.15) is 6.42 Å². The minimum atomic E-state index is -4.15. The molecule has 0 atom stereocenters. The van der Waals surface area contributed by atoms with Gasteiger partial charge in [-0.2, -0.15) is 4.31 Å². The number of amides is 1. The van der Waals surface area contributed by atoms with Gasteiger partial charge in [-0.3, -0.25) is 4.79 Å². The van der Waals surface area contributed by atoms with E-state index in [4.69, 9.17) is 11.6 Å². The van der Waals surface area contributed by atoms with Crippen LogP contribution >= 0.6 is 11.6 Å². The second kappa shape index (κ2) is 6.89. The number of carbonyl (C=O) groups excluding carboxylic acids is 1. The molecule has 0 radical (unpaired) electrons. The van der Waals surface area contributed by atoms with E-state index in [0.29, 0.717) is 19.0 Å². The van der Waals surface area contributed by atoms with Crippen LogP contribution in [-0.2, 0) is 14.8 Å². The van der Waals surface area contributed by atoms with E-state index in [9.17, 15) is 22.0 Å². The molecule has 0 saturated carbocycles. The molecule has 2 rings (SSSR count). The molecule has 122 valence electrons. The van der Waals surface area contributed by atoms with Crippen LogP contribution < -0.4 is 0 Å². The highest BCUT2D eigenvalue weighted by Gasteiger charge is 2.30. The topological polar surface area (TPSA) is 57.7 Å². The fourth-order valence-corrected chi connectivity index (χ4v) is 4.00. The molecular formula is C13H15ClF2N2O3S. The first-order valence-electron chi connectivity index (χ1n) is 6.65. The number of hydrogen-bond donors (Lipinski definition) is 0. The van der Waals surface area contributed by atoms with Gasteiger partial charge in [0.25, 0.3) is 0 Å². The zero-order chi connectivity index (χ0) is 16.3. The van der Waals surface area contributed by atoms with Gasteiger partial charge < -0.3 is 4.90 Å². The fraction of sp³-hybridized carbons (Fsp3) is 0.462. The molecule has 9 heteroatoms. The Labute approximate surface area is 132 Å². The summed E-state index contributed by atoms with van der Waals surface area (Å²) in [6, 6.07) is 2.30. The van der Waals surface area contributed by atoms with Gasteiger partial charge >= 0.3 is 0 Å². The van der Waals surface area contributed by atoms with Crippen molar-refractivity contribution in [2.24, 2.45) is 0 Å². The molecule has 1 aliphatic rings. The van der Waals surface area contributed by atoms with E-state index < -0.39 is 26.6 Å². The van der Waals surface area contributed by atoms with E-state index in [1.54, 1.807) is 0 Å². The molecule has 5 nitrogen and oxygen atoms in total. The molecule has 1 heterocycles. The molecule has 1 aromatic rings. The quantitative estimate of drug-likeness (QED) is 0.773. The zero-order valence-electron chi connectivity index (χ0n) is 11.6. The molecule has 1 aliphatic heterocycles. The second-order valence-electron chi connectivity index (χ2n) is 4.85. The first kappa shape index (κ1) is 17.1. The Morgan fingerprint density at radius 2 is 1.91 bits per heavy atom. The number of hydrogen-bond acceptors (Lipinski definition) is 3. The van der Waals surface area contributed by atoms with Crippen molar-refractivity contribution >= 4 is 27.5 Å². The van der Waals surface area contributed by atoms with Crippen LogP contribution in [0.25, 0.3) is 0 Å². The van der Waals surface area contributed by atoms with Crippen LogP contribution in [0, 0.1) is 11.6 Å². The molecule has 0 spiro atoms. The van der Waals surface area contributed by atoms with Crippen molar-refractivity contribution in [1.82, 2.24) is 9.21 Å². The monoisotopic (exact) mass is 352 g/mol. The minimum Gasteiger partial charge on any atom is -0.340 e. The van der Waals surface area contributed by atoms with Crippen LogP contribution in [0.15, 0.2) is 23.1 Å². The highest BCUT2D eigenvalue weighted by atomic mass is 35.5. The number of carbonyl (C=O) groups is 1. The molecule has 0 aliphatic carbocycles. The summed E-state index contributed by atoms with van der Waals surface area (Å²) in [6.45, 7) is 0.691. The maximum absolute atomic E-state index is 13.7. The first-order chi connectivity index (χ1) is 10.4. The molecule has 1 saturated heterocycles. The maximum atomic E-state index is 13.7. The number of nitrogens with zero attached hydrogens (tertiary/aromatic N) is 2. The molecule has 0 bridgehead atoms. The van der Waals surface area contributed by atoms with Crippen LogP contribution in [0.3, 0.4) is 0 Å². The lowest BCUT2D eigenvalue weighted by molar-refractivity contribution is -0.128. The number of alkyl halides is 1. The van der Waals surface area contributed by atoms with Crippen LogP contribution in [0.4, 0.5) is 8.78 Å². The third kappa shape index (κ3) is 3.56. The number of sulfonamides is 1.